The number of amides is 2. The SMILES string of the molecule is CCOP(=O)(OCC)C(F)(F)c1ccc(CC(NC(=O)OCc2ccccc2)C(=O)NCCCc2ccccc2)cc1. The molecule has 42 heavy (non-hydrogen) atoms. The fourth-order valence-corrected chi connectivity index (χ4v) is 5.71. The smallest absolute Gasteiger partial charge is 0.408 e. The first-order chi connectivity index (χ1) is 20.2. The van der Waals surface area contributed by atoms with Gasteiger partial charge in [0.25, 0.3) is 0 Å². The normalized spacial score (nSPS) is 12.4. The number of hydrogen-bond donors (Lipinski definition) is 2. The van der Waals surface area contributed by atoms with Gasteiger partial charge in [-0.1, -0.05) is 84.9 Å². The largest absolute Gasteiger partial charge is 0.445 e. The molecule has 1 unspecified atom stereocenters. The van der Waals surface area contributed by atoms with Crippen molar-refractivity contribution in [3.05, 3.63) is 107 Å². The lowest BCUT2D eigenvalue weighted by Gasteiger charge is -2.26. The first kappa shape index (κ1) is 32.9. The Balaban J connectivity index is 1.69. The molecule has 0 aliphatic rings. The quantitative estimate of drug-likeness (QED) is 0.142. The molecule has 3 rings (SSSR count). The maximum atomic E-state index is 15.1. The van der Waals surface area contributed by atoms with Crippen molar-refractivity contribution in [3.8, 4) is 0 Å². The van der Waals surface area contributed by atoms with Gasteiger partial charge in [0.1, 0.15) is 12.6 Å². The Morgan fingerprint density at radius 3 is 1.98 bits per heavy atom. The lowest BCUT2D eigenvalue weighted by atomic mass is 10.0. The highest BCUT2D eigenvalue weighted by Gasteiger charge is 2.54. The van der Waals surface area contributed by atoms with E-state index in [-0.39, 0.29) is 26.2 Å². The fourth-order valence-electron chi connectivity index (χ4n) is 4.16. The van der Waals surface area contributed by atoms with E-state index in [0.717, 1.165) is 29.7 Å². The molecule has 11 heteroatoms. The van der Waals surface area contributed by atoms with E-state index in [4.69, 9.17) is 13.8 Å². The number of carbonyl (C=O) groups excluding carboxylic acids is 2. The van der Waals surface area contributed by atoms with Gasteiger partial charge in [-0.05, 0) is 43.4 Å². The minimum absolute atomic E-state index is 0.00534. The fraction of sp³-hybridized carbons (Fsp3) is 0.355. The molecule has 0 saturated carbocycles. The van der Waals surface area contributed by atoms with Crippen LogP contribution in [0.25, 0.3) is 0 Å². The van der Waals surface area contributed by atoms with E-state index in [0.29, 0.717) is 18.5 Å². The van der Waals surface area contributed by atoms with Crippen LogP contribution in [0.4, 0.5) is 13.6 Å². The standard InChI is InChI=1S/C31H37F2N2O6P/c1-3-40-42(38,41-4-2)31(32,33)27-19-17-25(18-20-27)22-28(35-30(37)39-23-26-14-9-6-10-15-26)29(36)34-21-11-16-24-12-7-5-8-13-24/h5-10,12-15,17-20,28H,3-4,11,16,21-23H2,1-2H3,(H,34,36)(H,35,37). The summed E-state index contributed by atoms with van der Waals surface area (Å²) in [5.41, 5.74) is -2.02. The van der Waals surface area contributed by atoms with Crippen LogP contribution in [0.2, 0.25) is 0 Å². The number of alkyl carbamates (subject to hydrolysis) is 1. The van der Waals surface area contributed by atoms with Crippen molar-refractivity contribution in [2.75, 3.05) is 19.8 Å². The molecule has 8 nitrogen and oxygen atoms in total. The Hall–Kier alpha value is -3.59. The Morgan fingerprint density at radius 2 is 1.40 bits per heavy atom. The third kappa shape index (κ3) is 9.48. The van der Waals surface area contributed by atoms with Crippen molar-refractivity contribution in [1.82, 2.24) is 10.6 Å². The third-order valence-corrected chi connectivity index (χ3v) is 8.43. The van der Waals surface area contributed by atoms with Crippen molar-refractivity contribution in [2.24, 2.45) is 0 Å². The van der Waals surface area contributed by atoms with Gasteiger partial charge in [-0.15, -0.1) is 0 Å². The van der Waals surface area contributed by atoms with Crippen LogP contribution in [0, 0.1) is 0 Å². The summed E-state index contributed by atoms with van der Waals surface area (Å²) in [6, 6.07) is 22.9. The Morgan fingerprint density at radius 1 is 0.833 bits per heavy atom. The topological polar surface area (TPSA) is 103 Å². The summed E-state index contributed by atoms with van der Waals surface area (Å²) in [7, 11) is -4.76. The van der Waals surface area contributed by atoms with Crippen LogP contribution in [0.5, 0.6) is 0 Å². The average molecular weight is 603 g/mol. The molecule has 0 fully saturated rings. The second-order valence-corrected chi connectivity index (χ2v) is 11.5. The van der Waals surface area contributed by atoms with Crippen LogP contribution >= 0.6 is 7.60 Å². The highest BCUT2D eigenvalue weighted by Crippen LogP contribution is 2.66. The molecule has 3 aromatic carbocycles. The summed E-state index contributed by atoms with van der Waals surface area (Å²) in [5, 5.41) is 5.43. The van der Waals surface area contributed by atoms with Crippen LogP contribution in [0.3, 0.4) is 0 Å². The van der Waals surface area contributed by atoms with E-state index in [1.165, 1.54) is 26.0 Å². The van der Waals surface area contributed by atoms with Gasteiger partial charge in [-0.3, -0.25) is 9.36 Å². The van der Waals surface area contributed by atoms with Gasteiger partial charge in [-0.2, -0.15) is 8.78 Å². The van der Waals surface area contributed by atoms with Gasteiger partial charge >= 0.3 is 19.4 Å². The van der Waals surface area contributed by atoms with Gasteiger partial charge in [0.15, 0.2) is 0 Å². The van der Waals surface area contributed by atoms with E-state index >= 15 is 8.78 Å². The van der Waals surface area contributed by atoms with Gasteiger partial charge in [0.05, 0.1) is 13.2 Å². The van der Waals surface area contributed by atoms with Gasteiger partial charge < -0.3 is 24.4 Å². The Kier molecular flexibility index (Phi) is 12.7. The highest BCUT2D eigenvalue weighted by atomic mass is 31.2. The Labute approximate surface area is 245 Å². The molecule has 3 aromatic rings. The van der Waals surface area contributed by atoms with Crippen LogP contribution in [0.15, 0.2) is 84.9 Å². The summed E-state index contributed by atoms with van der Waals surface area (Å²) < 4.78 is 58.1. The molecule has 0 bridgehead atoms. The number of ether oxygens (including phenoxy) is 1. The molecule has 1 atom stereocenters. The second-order valence-electron chi connectivity index (χ2n) is 9.41. The summed E-state index contributed by atoms with van der Waals surface area (Å²) >= 11 is 0. The van der Waals surface area contributed by atoms with E-state index < -0.39 is 36.9 Å². The van der Waals surface area contributed by atoms with E-state index in [2.05, 4.69) is 10.6 Å². The number of nitrogens with one attached hydrogen (secondary N) is 2. The lowest BCUT2D eigenvalue weighted by Crippen LogP contribution is -2.48. The first-order valence-corrected chi connectivity index (χ1v) is 15.4. The Bertz CT molecular complexity index is 1300. The molecular formula is C31H37F2N2O6P. The molecule has 0 saturated heterocycles. The molecule has 0 aromatic heterocycles. The molecule has 2 N–H and O–H groups in total. The predicted octanol–water partition coefficient (Wildman–Crippen LogP) is 6.59. The third-order valence-electron chi connectivity index (χ3n) is 6.29. The number of benzene rings is 3. The molecule has 0 radical (unpaired) electrons. The minimum Gasteiger partial charge on any atom is -0.445 e. The maximum Gasteiger partial charge on any atom is 0.408 e. The predicted molar refractivity (Wildman–Crippen MR) is 156 cm³/mol. The number of halogens is 2. The molecule has 0 spiro atoms. The molecular weight excluding hydrogens is 565 g/mol. The monoisotopic (exact) mass is 602 g/mol. The number of rotatable bonds is 16. The zero-order valence-corrected chi connectivity index (χ0v) is 24.7. The molecule has 0 aliphatic heterocycles. The zero-order valence-electron chi connectivity index (χ0n) is 23.8. The number of hydrogen-bond acceptors (Lipinski definition) is 6. The van der Waals surface area contributed by atoms with Gasteiger partial charge in [-0.25, -0.2) is 4.79 Å². The van der Waals surface area contributed by atoms with Gasteiger partial charge in [0, 0.05) is 18.5 Å². The van der Waals surface area contributed by atoms with Crippen LogP contribution in [-0.4, -0.2) is 37.8 Å². The van der Waals surface area contributed by atoms with Crippen molar-refractivity contribution >= 4 is 19.6 Å². The van der Waals surface area contributed by atoms with E-state index in [9.17, 15) is 14.2 Å². The van der Waals surface area contributed by atoms with E-state index in [1.807, 2.05) is 48.5 Å². The average Bonchev–Trinajstić information content (AvgIpc) is 2.99. The number of alkyl halides is 2. The molecule has 2 amide bonds. The minimum atomic E-state index is -4.76. The zero-order chi connectivity index (χ0) is 30.4. The van der Waals surface area contributed by atoms with E-state index in [1.54, 1.807) is 12.1 Å². The van der Waals surface area contributed by atoms with Crippen LogP contribution in [0.1, 0.15) is 42.5 Å². The summed E-state index contributed by atoms with van der Waals surface area (Å²) in [5.74, 6) is -0.439. The van der Waals surface area contributed by atoms with Crippen molar-refractivity contribution in [1.29, 1.82) is 0 Å². The molecule has 226 valence electrons. The number of carbonyl (C=O) groups is 2. The molecule has 0 aliphatic carbocycles. The van der Waals surface area contributed by atoms with Crippen LogP contribution in [-0.2, 0) is 48.3 Å². The summed E-state index contributed by atoms with van der Waals surface area (Å²) in [6.07, 6.45) is 0.665. The van der Waals surface area contributed by atoms with Crippen molar-refractivity contribution < 1.29 is 36.7 Å². The van der Waals surface area contributed by atoms with Crippen molar-refractivity contribution in [3.63, 3.8) is 0 Å². The summed E-state index contributed by atoms with van der Waals surface area (Å²) in [4.78, 5) is 25.7. The maximum absolute atomic E-state index is 15.1. The highest BCUT2D eigenvalue weighted by molar-refractivity contribution is 7.54. The van der Waals surface area contributed by atoms with Gasteiger partial charge in [0.2, 0.25) is 5.91 Å². The molecule has 0 heterocycles. The summed E-state index contributed by atoms with van der Waals surface area (Å²) in [6.45, 7) is 2.88. The number of aryl methyl sites for hydroxylation is 1. The second kappa shape index (κ2) is 16.2. The van der Waals surface area contributed by atoms with Crippen LogP contribution < -0.4 is 10.6 Å². The first-order valence-electron chi connectivity index (χ1n) is 13.8. The lowest BCUT2D eigenvalue weighted by molar-refractivity contribution is -0.123. The van der Waals surface area contributed by atoms with Crippen molar-refractivity contribution in [2.45, 2.75) is 51.4 Å².